The van der Waals surface area contributed by atoms with Gasteiger partial charge in [-0.25, -0.2) is 0 Å². The Kier molecular flexibility index (Phi) is 3.74. The number of carbonyl (C=O) groups is 1. The molecule has 3 nitrogen and oxygen atoms in total. The van der Waals surface area contributed by atoms with Crippen LogP contribution < -0.4 is 10.6 Å². The molecule has 2 unspecified atom stereocenters. The van der Waals surface area contributed by atoms with Gasteiger partial charge >= 0.3 is 0 Å². The van der Waals surface area contributed by atoms with E-state index in [2.05, 4.69) is 28.8 Å². The number of para-hydroxylation sites is 1. The topological polar surface area (TPSA) is 41.1 Å². The zero-order valence-electron chi connectivity index (χ0n) is 11.4. The van der Waals surface area contributed by atoms with Crippen molar-refractivity contribution in [2.45, 2.75) is 19.4 Å². The van der Waals surface area contributed by atoms with Crippen LogP contribution in [0.15, 0.2) is 41.8 Å². The highest BCUT2D eigenvalue weighted by Crippen LogP contribution is 2.25. The predicted molar refractivity (Wildman–Crippen MR) is 83.0 cm³/mol. The minimum absolute atomic E-state index is 0.00677. The first-order valence-corrected chi connectivity index (χ1v) is 7.77. The second-order valence-electron chi connectivity index (χ2n) is 5.18. The molecule has 0 saturated carbocycles. The molecule has 1 aromatic heterocycles. The molecule has 0 spiro atoms. The number of anilines is 1. The van der Waals surface area contributed by atoms with E-state index in [1.165, 1.54) is 10.4 Å². The van der Waals surface area contributed by atoms with Crippen LogP contribution in [0.25, 0.3) is 0 Å². The number of thiophene rings is 1. The smallest absolute Gasteiger partial charge is 0.225 e. The van der Waals surface area contributed by atoms with Gasteiger partial charge in [0.1, 0.15) is 0 Å². The van der Waals surface area contributed by atoms with Gasteiger partial charge in [-0.2, -0.15) is 0 Å². The van der Waals surface area contributed by atoms with Crippen molar-refractivity contribution in [2.75, 3.05) is 11.9 Å². The number of hydrogen-bond donors (Lipinski definition) is 2. The highest BCUT2D eigenvalue weighted by Gasteiger charge is 2.25. The van der Waals surface area contributed by atoms with E-state index < -0.39 is 0 Å². The van der Waals surface area contributed by atoms with Crippen LogP contribution in [-0.2, 0) is 11.2 Å². The molecule has 1 aliphatic heterocycles. The minimum Gasteiger partial charge on any atom is -0.384 e. The van der Waals surface area contributed by atoms with Gasteiger partial charge in [-0.15, -0.1) is 11.3 Å². The van der Waals surface area contributed by atoms with E-state index in [0.29, 0.717) is 6.54 Å². The summed E-state index contributed by atoms with van der Waals surface area (Å²) < 4.78 is 0. The van der Waals surface area contributed by atoms with E-state index in [4.69, 9.17) is 0 Å². The van der Waals surface area contributed by atoms with Gasteiger partial charge in [-0.3, -0.25) is 4.79 Å². The molecular weight excluding hydrogens is 268 g/mol. The number of benzene rings is 1. The predicted octanol–water partition coefficient (Wildman–Crippen LogP) is 3.21. The summed E-state index contributed by atoms with van der Waals surface area (Å²) in [5.41, 5.74) is 2.38. The zero-order chi connectivity index (χ0) is 13.9. The standard InChI is InChI=1S/C16H18N2OS/c1-11(15-7-4-8-20-15)18-16(19)13-9-12-5-2-3-6-14(12)17-10-13/h2-8,11,13,17H,9-10H2,1H3,(H,18,19). The molecule has 2 aromatic rings. The van der Waals surface area contributed by atoms with Crippen molar-refractivity contribution in [1.82, 2.24) is 5.32 Å². The summed E-state index contributed by atoms with van der Waals surface area (Å²) in [6.45, 7) is 2.74. The quantitative estimate of drug-likeness (QED) is 0.909. The third kappa shape index (κ3) is 2.70. The van der Waals surface area contributed by atoms with Crippen molar-refractivity contribution in [3.05, 3.63) is 52.2 Å². The van der Waals surface area contributed by atoms with E-state index in [9.17, 15) is 4.79 Å². The van der Waals surface area contributed by atoms with Crippen molar-refractivity contribution in [3.8, 4) is 0 Å². The number of hydrogen-bond acceptors (Lipinski definition) is 3. The Morgan fingerprint density at radius 3 is 3.00 bits per heavy atom. The Labute approximate surface area is 123 Å². The molecule has 20 heavy (non-hydrogen) atoms. The van der Waals surface area contributed by atoms with Crippen LogP contribution in [0.1, 0.15) is 23.4 Å². The summed E-state index contributed by atoms with van der Waals surface area (Å²) in [4.78, 5) is 13.6. The molecule has 0 radical (unpaired) electrons. The van der Waals surface area contributed by atoms with Crippen molar-refractivity contribution >= 4 is 22.9 Å². The van der Waals surface area contributed by atoms with Crippen LogP contribution >= 0.6 is 11.3 Å². The van der Waals surface area contributed by atoms with Crippen molar-refractivity contribution in [3.63, 3.8) is 0 Å². The van der Waals surface area contributed by atoms with Crippen molar-refractivity contribution in [2.24, 2.45) is 5.92 Å². The molecule has 0 saturated heterocycles. The number of amides is 1. The Morgan fingerprint density at radius 1 is 1.35 bits per heavy atom. The minimum atomic E-state index is 0.00677. The SMILES string of the molecule is CC(NC(=O)C1CNc2ccccc2C1)c1cccs1. The molecule has 2 atom stereocenters. The fourth-order valence-corrected chi connectivity index (χ4v) is 3.30. The molecule has 2 N–H and O–H groups in total. The van der Waals surface area contributed by atoms with Gasteiger partial charge in [0, 0.05) is 17.1 Å². The number of nitrogens with one attached hydrogen (secondary N) is 2. The molecule has 104 valence electrons. The number of rotatable bonds is 3. The first-order valence-electron chi connectivity index (χ1n) is 6.89. The summed E-state index contributed by atoms with van der Waals surface area (Å²) in [7, 11) is 0. The molecule has 0 aliphatic carbocycles. The third-order valence-electron chi connectivity index (χ3n) is 3.72. The lowest BCUT2D eigenvalue weighted by Gasteiger charge is -2.26. The lowest BCUT2D eigenvalue weighted by Crippen LogP contribution is -2.39. The molecule has 1 aliphatic rings. The molecule has 4 heteroatoms. The van der Waals surface area contributed by atoms with Gasteiger partial charge in [0.2, 0.25) is 5.91 Å². The molecule has 0 fully saturated rings. The van der Waals surface area contributed by atoms with Crippen LogP contribution in [-0.4, -0.2) is 12.5 Å². The van der Waals surface area contributed by atoms with E-state index in [0.717, 1.165) is 12.1 Å². The Morgan fingerprint density at radius 2 is 2.20 bits per heavy atom. The normalized spacial score (nSPS) is 18.8. The zero-order valence-corrected chi connectivity index (χ0v) is 12.2. The average Bonchev–Trinajstić information content (AvgIpc) is 3.01. The molecule has 2 heterocycles. The largest absolute Gasteiger partial charge is 0.384 e. The van der Waals surface area contributed by atoms with Gasteiger partial charge in [0.15, 0.2) is 0 Å². The monoisotopic (exact) mass is 286 g/mol. The van der Waals surface area contributed by atoms with Crippen molar-refractivity contribution < 1.29 is 4.79 Å². The second-order valence-corrected chi connectivity index (χ2v) is 6.16. The van der Waals surface area contributed by atoms with Crippen LogP contribution in [0.2, 0.25) is 0 Å². The Balaban J connectivity index is 1.64. The van der Waals surface area contributed by atoms with Crippen LogP contribution in [0, 0.1) is 5.92 Å². The molecule has 1 amide bonds. The average molecular weight is 286 g/mol. The fraction of sp³-hybridized carbons (Fsp3) is 0.312. The number of fused-ring (bicyclic) bond motifs is 1. The lowest BCUT2D eigenvalue weighted by atomic mass is 9.93. The molecule has 0 bridgehead atoms. The first-order chi connectivity index (χ1) is 9.74. The lowest BCUT2D eigenvalue weighted by molar-refractivity contribution is -0.125. The third-order valence-corrected chi connectivity index (χ3v) is 4.78. The maximum atomic E-state index is 12.4. The van der Waals surface area contributed by atoms with Crippen LogP contribution in [0.5, 0.6) is 0 Å². The van der Waals surface area contributed by atoms with E-state index >= 15 is 0 Å². The molecule has 1 aromatic carbocycles. The van der Waals surface area contributed by atoms with Gasteiger partial charge < -0.3 is 10.6 Å². The highest BCUT2D eigenvalue weighted by molar-refractivity contribution is 7.10. The van der Waals surface area contributed by atoms with Crippen molar-refractivity contribution in [1.29, 1.82) is 0 Å². The van der Waals surface area contributed by atoms with Gasteiger partial charge in [-0.1, -0.05) is 24.3 Å². The molecule has 3 rings (SSSR count). The summed E-state index contributed by atoms with van der Waals surface area (Å²) in [6.07, 6.45) is 0.812. The van der Waals surface area contributed by atoms with E-state index in [1.807, 2.05) is 30.5 Å². The fourth-order valence-electron chi connectivity index (χ4n) is 2.57. The van der Waals surface area contributed by atoms with Gasteiger partial charge in [0.05, 0.1) is 12.0 Å². The summed E-state index contributed by atoms with van der Waals surface area (Å²) in [5.74, 6) is 0.139. The summed E-state index contributed by atoms with van der Waals surface area (Å²) in [5, 5.41) is 8.50. The maximum absolute atomic E-state index is 12.4. The summed E-state index contributed by atoms with van der Waals surface area (Å²) >= 11 is 1.68. The maximum Gasteiger partial charge on any atom is 0.225 e. The van der Waals surface area contributed by atoms with E-state index in [-0.39, 0.29) is 17.9 Å². The van der Waals surface area contributed by atoms with Gasteiger partial charge in [-0.05, 0) is 36.4 Å². The first kappa shape index (κ1) is 13.2. The Hall–Kier alpha value is -1.81. The summed E-state index contributed by atoms with van der Waals surface area (Å²) in [6, 6.07) is 12.4. The highest BCUT2D eigenvalue weighted by atomic mass is 32.1. The Bertz CT molecular complexity index is 594. The second kappa shape index (κ2) is 5.67. The van der Waals surface area contributed by atoms with Gasteiger partial charge in [0.25, 0.3) is 0 Å². The van der Waals surface area contributed by atoms with E-state index in [1.54, 1.807) is 11.3 Å². The van der Waals surface area contributed by atoms with Crippen LogP contribution in [0.3, 0.4) is 0 Å². The molecular formula is C16H18N2OS. The van der Waals surface area contributed by atoms with Crippen LogP contribution in [0.4, 0.5) is 5.69 Å². The number of carbonyl (C=O) groups excluding carboxylic acids is 1.